The lowest BCUT2D eigenvalue weighted by Crippen LogP contribution is -2.41. The van der Waals surface area contributed by atoms with Crippen molar-refractivity contribution >= 4 is 18.3 Å². The van der Waals surface area contributed by atoms with Gasteiger partial charge in [-0.3, -0.25) is 9.48 Å². The molecule has 1 aromatic heterocycles. The van der Waals surface area contributed by atoms with E-state index in [4.69, 9.17) is 4.74 Å². The second-order valence-corrected chi connectivity index (χ2v) is 7.40. The van der Waals surface area contributed by atoms with Crippen LogP contribution in [0.3, 0.4) is 0 Å². The molecular formula is C18H31ClN4O2. The van der Waals surface area contributed by atoms with E-state index in [-0.39, 0.29) is 18.3 Å². The molecule has 1 N–H and O–H groups in total. The van der Waals surface area contributed by atoms with Crippen molar-refractivity contribution in [2.24, 2.45) is 5.92 Å². The molecule has 0 spiro atoms. The summed E-state index contributed by atoms with van der Waals surface area (Å²) in [5, 5.41) is 7.93. The maximum atomic E-state index is 12.7. The Morgan fingerprint density at radius 2 is 2.12 bits per heavy atom. The molecule has 0 aromatic carbocycles. The van der Waals surface area contributed by atoms with Crippen molar-refractivity contribution in [2.45, 2.75) is 51.7 Å². The van der Waals surface area contributed by atoms with Crippen molar-refractivity contribution in [2.75, 3.05) is 32.8 Å². The number of nitrogens with zero attached hydrogens (tertiary/aromatic N) is 3. The number of piperidine rings is 2. The third-order valence-electron chi connectivity index (χ3n) is 4.87. The van der Waals surface area contributed by atoms with Gasteiger partial charge in [0.25, 0.3) is 5.91 Å². The minimum atomic E-state index is 0. The highest BCUT2D eigenvalue weighted by Gasteiger charge is 2.26. The Morgan fingerprint density at radius 1 is 1.36 bits per heavy atom. The average molecular weight is 371 g/mol. The maximum absolute atomic E-state index is 12.7. The molecule has 2 aliphatic rings. The van der Waals surface area contributed by atoms with E-state index < -0.39 is 0 Å². The van der Waals surface area contributed by atoms with E-state index in [2.05, 4.69) is 24.3 Å². The van der Waals surface area contributed by atoms with Gasteiger partial charge in [0, 0.05) is 32.4 Å². The molecule has 3 rings (SSSR count). The molecule has 2 aliphatic heterocycles. The van der Waals surface area contributed by atoms with Gasteiger partial charge in [-0.15, -0.1) is 12.4 Å². The normalized spacial score (nSPS) is 22.0. The van der Waals surface area contributed by atoms with Crippen molar-refractivity contribution in [3.8, 4) is 0 Å². The second-order valence-electron chi connectivity index (χ2n) is 7.40. The number of nitrogens with one attached hydrogen (secondary N) is 1. The first-order chi connectivity index (χ1) is 11.6. The molecule has 1 amide bonds. The Kier molecular flexibility index (Phi) is 7.72. The van der Waals surface area contributed by atoms with Gasteiger partial charge in [-0.05, 0) is 44.2 Å². The molecule has 3 heterocycles. The molecule has 0 saturated carbocycles. The van der Waals surface area contributed by atoms with Gasteiger partial charge in [-0.25, -0.2) is 0 Å². The summed E-state index contributed by atoms with van der Waals surface area (Å²) in [6.07, 6.45) is 6.38. The Hall–Kier alpha value is -1.11. The highest BCUT2D eigenvalue weighted by atomic mass is 35.5. The number of hydrogen-bond donors (Lipinski definition) is 1. The molecule has 1 atom stereocenters. The lowest BCUT2D eigenvalue weighted by Gasteiger charge is -2.32. The molecule has 142 valence electrons. The number of ether oxygens (including phenoxy) is 1. The van der Waals surface area contributed by atoms with Crippen molar-refractivity contribution in [3.05, 3.63) is 18.0 Å². The van der Waals surface area contributed by atoms with Gasteiger partial charge in [-0.1, -0.05) is 13.8 Å². The summed E-state index contributed by atoms with van der Waals surface area (Å²) in [5.41, 5.74) is 0.571. The Morgan fingerprint density at radius 3 is 2.76 bits per heavy atom. The Labute approximate surface area is 156 Å². The summed E-state index contributed by atoms with van der Waals surface area (Å²) in [6, 6.07) is 2.23. The van der Waals surface area contributed by atoms with Crippen LogP contribution in [0, 0.1) is 5.92 Å². The van der Waals surface area contributed by atoms with Crippen LogP contribution in [0.2, 0.25) is 0 Å². The van der Waals surface area contributed by atoms with Gasteiger partial charge in [-0.2, -0.15) is 5.10 Å². The lowest BCUT2D eigenvalue weighted by atomic mass is 10.1. The molecule has 6 nitrogen and oxygen atoms in total. The van der Waals surface area contributed by atoms with Gasteiger partial charge in [0.05, 0.1) is 12.1 Å². The minimum absolute atomic E-state index is 0. The fourth-order valence-corrected chi connectivity index (χ4v) is 3.43. The SMILES string of the molecule is CC(C)COC1CCN(C(=O)c2ccn(C3CCCNC3)n2)CC1.Cl. The minimum Gasteiger partial charge on any atom is -0.378 e. The summed E-state index contributed by atoms with van der Waals surface area (Å²) < 4.78 is 7.85. The van der Waals surface area contributed by atoms with E-state index in [0.717, 1.165) is 58.5 Å². The number of hydrogen-bond acceptors (Lipinski definition) is 4. The van der Waals surface area contributed by atoms with E-state index >= 15 is 0 Å². The van der Waals surface area contributed by atoms with Crippen LogP contribution in [0.1, 0.15) is 56.1 Å². The molecule has 0 aliphatic carbocycles. The number of likely N-dealkylation sites (tertiary alicyclic amines) is 1. The standard InChI is InChI=1S/C18H30N4O2.ClH/c1-14(2)13-24-16-5-9-21(10-6-16)18(23)17-7-11-22(20-17)15-4-3-8-19-12-15;/h7,11,14-16,19H,3-6,8-10,12-13H2,1-2H3;1H. The summed E-state index contributed by atoms with van der Waals surface area (Å²) in [6.45, 7) is 8.68. The third kappa shape index (κ3) is 5.43. The van der Waals surface area contributed by atoms with Gasteiger partial charge < -0.3 is 15.0 Å². The van der Waals surface area contributed by atoms with E-state index in [9.17, 15) is 4.79 Å². The summed E-state index contributed by atoms with van der Waals surface area (Å²) in [7, 11) is 0. The van der Waals surface area contributed by atoms with Gasteiger partial charge in [0.1, 0.15) is 5.69 Å². The maximum Gasteiger partial charge on any atom is 0.274 e. The quantitative estimate of drug-likeness (QED) is 0.865. The second kappa shape index (κ2) is 9.55. The van der Waals surface area contributed by atoms with Crippen LogP contribution in [-0.2, 0) is 4.74 Å². The topological polar surface area (TPSA) is 59.4 Å². The molecule has 1 aromatic rings. The van der Waals surface area contributed by atoms with E-state index in [0.29, 0.717) is 23.8 Å². The Bertz CT molecular complexity index is 535. The van der Waals surface area contributed by atoms with Crippen LogP contribution >= 0.6 is 12.4 Å². The van der Waals surface area contributed by atoms with Crippen molar-refractivity contribution in [1.82, 2.24) is 20.0 Å². The number of carbonyl (C=O) groups excluding carboxylic acids is 1. The first-order valence-corrected chi connectivity index (χ1v) is 9.30. The molecule has 2 fully saturated rings. The van der Waals surface area contributed by atoms with Crippen LogP contribution < -0.4 is 5.32 Å². The monoisotopic (exact) mass is 370 g/mol. The van der Waals surface area contributed by atoms with Gasteiger partial charge in [0.2, 0.25) is 0 Å². The number of halogens is 1. The van der Waals surface area contributed by atoms with E-state index in [1.165, 1.54) is 0 Å². The summed E-state index contributed by atoms with van der Waals surface area (Å²) in [4.78, 5) is 14.6. The fourth-order valence-electron chi connectivity index (χ4n) is 3.43. The first-order valence-electron chi connectivity index (χ1n) is 9.30. The zero-order valence-corrected chi connectivity index (χ0v) is 16.1. The number of rotatable bonds is 5. The van der Waals surface area contributed by atoms with Crippen LogP contribution in [0.5, 0.6) is 0 Å². The van der Waals surface area contributed by atoms with Crippen LogP contribution in [0.25, 0.3) is 0 Å². The first kappa shape index (κ1) is 20.2. The van der Waals surface area contributed by atoms with Gasteiger partial charge in [0.15, 0.2) is 0 Å². The summed E-state index contributed by atoms with van der Waals surface area (Å²) in [5.74, 6) is 0.614. The molecule has 1 unspecified atom stereocenters. The van der Waals surface area contributed by atoms with E-state index in [1.807, 2.05) is 21.8 Å². The highest BCUT2D eigenvalue weighted by Crippen LogP contribution is 2.19. The zero-order valence-electron chi connectivity index (χ0n) is 15.3. The van der Waals surface area contributed by atoms with Gasteiger partial charge >= 0.3 is 0 Å². The van der Waals surface area contributed by atoms with Crippen molar-refractivity contribution < 1.29 is 9.53 Å². The average Bonchev–Trinajstić information content (AvgIpc) is 3.10. The number of aromatic nitrogens is 2. The molecule has 0 bridgehead atoms. The van der Waals surface area contributed by atoms with Crippen LogP contribution in [0.4, 0.5) is 0 Å². The van der Waals surface area contributed by atoms with Crippen molar-refractivity contribution in [1.29, 1.82) is 0 Å². The Balaban J connectivity index is 0.00000225. The van der Waals surface area contributed by atoms with Crippen molar-refractivity contribution in [3.63, 3.8) is 0 Å². The molecule has 7 heteroatoms. The predicted molar refractivity (Wildman–Crippen MR) is 100 cm³/mol. The third-order valence-corrected chi connectivity index (χ3v) is 4.87. The fraction of sp³-hybridized carbons (Fsp3) is 0.778. The van der Waals surface area contributed by atoms with Crippen LogP contribution in [0.15, 0.2) is 12.3 Å². The highest BCUT2D eigenvalue weighted by molar-refractivity contribution is 5.92. The smallest absolute Gasteiger partial charge is 0.274 e. The number of carbonyl (C=O) groups is 1. The zero-order chi connectivity index (χ0) is 16.9. The lowest BCUT2D eigenvalue weighted by molar-refractivity contribution is -0.00245. The largest absolute Gasteiger partial charge is 0.378 e. The number of amides is 1. The predicted octanol–water partition coefficient (Wildman–Crippen LogP) is 2.51. The van der Waals surface area contributed by atoms with E-state index in [1.54, 1.807) is 0 Å². The van der Waals surface area contributed by atoms with Crippen LogP contribution in [-0.4, -0.2) is 59.5 Å². The molecule has 25 heavy (non-hydrogen) atoms. The molecule has 0 radical (unpaired) electrons. The molecular weight excluding hydrogens is 340 g/mol. The summed E-state index contributed by atoms with van der Waals surface area (Å²) >= 11 is 0. The molecule has 2 saturated heterocycles.